The lowest BCUT2D eigenvalue weighted by atomic mass is 10.2. The Bertz CT molecular complexity index is 1410. The first-order chi connectivity index (χ1) is 17.0. The number of fused-ring (bicyclic) bond motifs is 1. The maximum atomic E-state index is 12.9. The van der Waals surface area contributed by atoms with Crippen LogP contribution in [0.15, 0.2) is 78.0 Å². The Morgan fingerprint density at radius 1 is 1.06 bits per heavy atom. The highest BCUT2D eigenvalue weighted by atomic mass is 32.2. The van der Waals surface area contributed by atoms with Gasteiger partial charge in [0.1, 0.15) is 0 Å². The predicted molar refractivity (Wildman–Crippen MR) is 130 cm³/mol. The molecule has 1 aromatic heterocycles. The lowest BCUT2D eigenvalue weighted by molar-refractivity contribution is -0.384. The van der Waals surface area contributed by atoms with Gasteiger partial charge in [-0.1, -0.05) is 36.0 Å². The molecule has 0 spiro atoms. The van der Waals surface area contributed by atoms with Crippen molar-refractivity contribution in [1.29, 1.82) is 0 Å². The van der Waals surface area contributed by atoms with Crippen molar-refractivity contribution in [3.05, 3.63) is 82.9 Å². The highest BCUT2D eigenvalue weighted by molar-refractivity contribution is 8.00. The average Bonchev–Trinajstić information content (AvgIpc) is 3.51. The first kappa shape index (κ1) is 22.4. The molecule has 1 amide bonds. The Morgan fingerprint density at radius 2 is 1.86 bits per heavy atom. The Labute approximate surface area is 204 Å². The van der Waals surface area contributed by atoms with Crippen LogP contribution < -0.4 is 14.8 Å². The molecule has 0 fully saturated rings. The molecule has 176 valence electrons. The van der Waals surface area contributed by atoms with Crippen molar-refractivity contribution < 1.29 is 19.2 Å². The molecule has 1 atom stereocenters. The fourth-order valence-corrected chi connectivity index (χ4v) is 4.40. The second kappa shape index (κ2) is 9.47. The van der Waals surface area contributed by atoms with Gasteiger partial charge in [-0.05, 0) is 43.3 Å². The monoisotopic (exact) mass is 489 g/mol. The molecule has 1 N–H and O–H groups in total. The Morgan fingerprint density at radius 3 is 2.66 bits per heavy atom. The number of nitrogens with one attached hydrogen (secondary N) is 1. The molecule has 2 heterocycles. The minimum atomic E-state index is -0.564. The number of hydrogen-bond acceptors (Lipinski definition) is 8. The number of aromatic nitrogens is 3. The van der Waals surface area contributed by atoms with Crippen LogP contribution in [0.2, 0.25) is 0 Å². The molecule has 35 heavy (non-hydrogen) atoms. The van der Waals surface area contributed by atoms with E-state index in [2.05, 4.69) is 15.5 Å². The molecule has 0 radical (unpaired) electrons. The Kier molecular flexibility index (Phi) is 6.06. The number of carbonyl (C=O) groups excluding carboxylic acids is 1. The quantitative estimate of drug-likeness (QED) is 0.225. The van der Waals surface area contributed by atoms with Crippen LogP contribution in [0.4, 0.5) is 11.4 Å². The number of benzene rings is 3. The van der Waals surface area contributed by atoms with E-state index >= 15 is 0 Å². The summed E-state index contributed by atoms with van der Waals surface area (Å²) in [5, 5.41) is 22.5. The van der Waals surface area contributed by atoms with E-state index < -0.39 is 10.2 Å². The predicted octanol–water partition coefficient (Wildman–Crippen LogP) is 4.69. The number of amides is 1. The van der Waals surface area contributed by atoms with Crippen molar-refractivity contribution in [2.45, 2.75) is 17.3 Å². The molecular formula is C24H19N5O5S. The molecule has 11 heteroatoms. The third-order valence-electron chi connectivity index (χ3n) is 5.25. The van der Waals surface area contributed by atoms with Gasteiger partial charge in [-0.2, -0.15) is 0 Å². The van der Waals surface area contributed by atoms with Crippen LogP contribution in [0.1, 0.15) is 6.92 Å². The zero-order valence-corrected chi connectivity index (χ0v) is 19.3. The average molecular weight is 490 g/mol. The van der Waals surface area contributed by atoms with Gasteiger partial charge >= 0.3 is 0 Å². The molecule has 0 bridgehead atoms. The largest absolute Gasteiger partial charge is 0.454 e. The number of ether oxygens (including phenoxy) is 2. The number of hydrogen-bond donors (Lipinski definition) is 1. The van der Waals surface area contributed by atoms with Crippen molar-refractivity contribution in [3.8, 4) is 28.6 Å². The standard InChI is InChI=1S/C24H19N5O5S/c1-15(23(30)25-17-6-5-9-19(13-17)29(31)32)35-24-27-26-22(28(24)18-7-3-2-4-8-18)16-10-11-20-21(12-16)34-14-33-20/h2-13,15H,14H2,1H3,(H,25,30). The van der Waals surface area contributed by atoms with E-state index in [-0.39, 0.29) is 18.4 Å². The van der Waals surface area contributed by atoms with Crippen molar-refractivity contribution in [2.24, 2.45) is 0 Å². The van der Waals surface area contributed by atoms with Gasteiger partial charge in [-0.25, -0.2) is 0 Å². The third kappa shape index (κ3) is 4.66. The Balaban J connectivity index is 1.43. The van der Waals surface area contributed by atoms with Crippen LogP contribution in [-0.4, -0.2) is 37.6 Å². The van der Waals surface area contributed by atoms with Gasteiger partial charge in [-0.3, -0.25) is 19.5 Å². The van der Waals surface area contributed by atoms with E-state index in [1.54, 1.807) is 13.0 Å². The summed E-state index contributed by atoms with van der Waals surface area (Å²) in [7, 11) is 0. The van der Waals surface area contributed by atoms with E-state index in [4.69, 9.17) is 9.47 Å². The number of para-hydroxylation sites is 1. The molecule has 0 saturated carbocycles. The smallest absolute Gasteiger partial charge is 0.271 e. The van der Waals surface area contributed by atoms with Gasteiger partial charge in [0.25, 0.3) is 5.69 Å². The maximum Gasteiger partial charge on any atom is 0.271 e. The van der Waals surface area contributed by atoms with Crippen molar-refractivity contribution >= 4 is 29.0 Å². The van der Waals surface area contributed by atoms with Gasteiger partial charge in [0.2, 0.25) is 12.7 Å². The number of nitrogens with zero attached hydrogens (tertiary/aromatic N) is 4. The van der Waals surface area contributed by atoms with Crippen LogP contribution in [0.3, 0.4) is 0 Å². The molecule has 4 aromatic rings. The molecule has 0 aliphatic carbocycles. The van der Waals surface area contributed by atoms with E-state index in [0.717, 1.165) is 11.3 Å². The third-order valence-corrected chi connectivity index (χ3v) is 6.30. The van der Waals surface area contributed by atoms with Crippen LogP contribution in [0.5, 0.6) is 11.5 Å². The summed E-state index contributed by atoms with van der Waals surface area (Å²) in [5.41, 5.74) is 1.87. The highest BCUT2D eigenvalue weighted by Gasteiger charge is 2.24. The minimum Gasteiger partial charge on any atom is -0.454 e. The molecule has 1 aliphatic rings. The zero-order valence-electron chi connectivity index (χ0n) is 18.5. The molecule has 0 saturated heterocycles. The van der Waals surface area contributed by atoms with Gasteiger partial charge in [0.15, 0.2) is 22.5 Å². The summed E-state index contributed by atoms with van der Waals surface area (Å²) in [6.07, 6.45) is 0. The molecule has 10 nitrogen and oxygen atoms in total. The van der Waals surface area contributed by atoms with E-state index in [0.29, 0.717) is 28.2 Å². The van der Waals surface area contributed by atoms with E-state index in [1.807, 2.05) is 53.1 Å². The van der Waals surface area contributed by atoms with Crippen molar-refractivity contribution in [1.82, 2.24) is 14.8 Å². The fraction of sp³-hybridized carbons (Fsp3) is 0.125. The lowest BCUT2D eigenvalue weighted by Gasteiger charge is -2.14. The minimum absolute atomic E-state index is 0.0969. The molecule has 5 rings (SSSR count). The molecule has 1 aliphatic heterocycles. The summed E-state index contributed by atoms with van der Waals surface area (Å²) < 4.78 is 12.8. The fourth-order valence-electron chi connectivity index (χ4n) is 3.53. The van der Waals surface area contributed by atoms with Gasteiger partial charge in [0, 0.05) is 29.1 Å². The summed E-state index contributed by atoms with van der Waals surface area (Å²) in [5.74, 6) is 1.57. The zero-order chi connectivity index (χ0) is 24.4. The normalized spacial score (nSPS) is 12.8. The van der Waals surface area contributed by atoms with Crippen molar-refractivity contribution in [2.75, 3.05) is 12.1 Å². The summed E-state index contributed by atoms with van der Waals surface area (Å²) in [6.45, 7) is 1.91. The SMILES string of the molecule is CC(Sc1nnc(-c2ccc3c(c2)OCO3)n1-c1ccccc1)C(=O)Nc1cccc([N+](=O)[O-])c1. The van der Waals surface area contributed by atoms with Crippen LogP contribution in [-0.2, 0) is 4.79 Å². The van der Waals surface area contributed by atoms with Gasteiger partial charge in [-0.15, -0.1) is 10.2 Å². The molecular weight excluding hydrogens is 470 g/mol. The van der Waals surface area contributed by atoms with Gasteiger partial charge in [0.05, 0.1) is 10.2 Å². The number of non-ortho nitro benzene ring substituents is 1. The lowest BCUT2D eigenvalue weighted by Crippen LogP contribution is -2.23. The number of thioether (sulfide) groups is 1. The van der Waals surface area contributed by atoms with E-state index in [9.17, 15) is 14.9 Å². The van der Waals surface area contributed by atoms with Crippen LogP contribution in [0.25, 0.3) is 17.1 Å². The van der Waals surface area contributed by atoms with Gasteiger partial charge < -0.3 is 14.8 Å². The summed E-state index contributed by atoms with van der Waals surface area (Å²) in [6, 6.07) is 20.9. The first-order valence-corrected chi connectivity index (χ1v) is 11.5. The number of anilines is 1. The van der Waals surface area contributed by atoms with Crippen LogP contribution in [0, 0.1) is 10.1 Å². The van der Waals surface area contributed by atoms with Crippen LogP contribution >= 0.6 is 11.8 Å². The van der Waals surface area contributed by atoms with E-state index in [1.165, 1.54) is 30.0 Å². The number of rotatable bonds is 7. The molecule has 1 unspecified atom stereocenters. The first-order valence-electron chi connectivity index (χ1n) is 10.6. The summed E-state index contributed by atoms with van der Waals surface area (Å²) >= 11 is 1.23. The highest BCUT2D eigenvalue weighted by Crippen LogP contribution is 2.37. The number of carbonyl (C=O) groups is 1. The Hall–Kier alpha value is -4.38. The second-order valence-corrected chi connectivity index (χ2v) is 8.91. The summed E-state index contributed by atoms with van der Waals surface area (Å²) in [4.78, 5) is 23.4. The molecule has 3 aromatic carbocycles. The number of nitro groups is 1. The number of nitro benzene ring substituents is 1. The van der Waals surface area contributed by atoms with Crippen molar-refractivity contribution in [3.63, 3.8) is 0 Å². The maximum absolute atomic E-state index is 12.9. The second-order valence-electron chi connectivity index (χ2n) is 7.60. The topological polar surface area (TPSA) is 121 Å².